The van der Waals surface area contributed by atoms with E-state index in [1.165, 1.54) is 5.56 Å². The largest absolute Gasteiger partial charge is 0.494 e. The van der Waals surface area contributed by atoms with Crippen LogP contribution in [0.5, 0.6) is 0 Å². The second-order valence-electron chi connectivity index (χ2n) is 7.61. The molecule has 0 saturated carbocycles. The Labute approximate surface area is 149 Å². The van der Waals surface area contributed by atoms with Crippen LogP contribution in [0, 0.1) is 31.1 Å². The second-order valence-corrected chi connectivity index (χ2v) is 7.61. The Balaban J connectivity index is 2.01. The number of nitroso groups, excluding NO2 is 1. The van der Waals surface area contributed by atoms with Crippen molar-refractivity contribution in [3.8, 4) is 0 Å². The minimum absolute atomic E-state index is 0.260. The van der Waals surface area contributed by atoms with Gasteiger partial charge in [0.2, 0.25) is 0 Å². The Bertz CT molecular complexity index is 780. The summed E-state index contributed by atoms with van der Waals surface area (Å²) in [6.45, 7) is 11.0. The number of aryl methyl sites for hydroxylation is 3. The Kier molecular flexibility index (Phi) is 4.80. The molecule has 1 aliphatic rings. The third-order valence-electron chi connectivity index (χ3n) is 4.87. The predicted molar refractivity (Wildman–Crippen MR) is 101 cm³/mol. The molecule has 0 spiro atoms. The Hall–Kier alpha value is -1.98. The van der Waals surface area contributed by atoms with Crippen LogP contribution in [-0.4, -0.2) is 13.7 Å². The van der Waals surface area contributed by atoms with Gasteiger partial charge < -0.3 is 9.31 Å². The van der Waals surface area contributed by atoms with E-state index < -0.39 is 7.12 Å². The van der Waals surface area contributed by atoms with E-state index in [0.717, 1.165) is 22.2 Å². The van der Waals surface area contributed by atoms with Crippen molar-refractivity contribution in [2.45, 2.75) is 40.7 Å². The quantitative estimate of drug-likeness (QED) is 0.611. The summed E-state index contributed by atoms with van der Waals surface area (Å²) in [5.41, 5.74) is 5.59. The van der Waals surface area contributed by atoms with Gasteiger partial charge in [-0.15, -0.1) is 4.91 Å². The summed E-state index contributed by atoms with van der Waals surface area (Å²) in [6, 6.07) is 11.7. The van der Waals surface area contributed by atoms with Crippen LogP contribution in [0.15, 0.2) is 41.6 Å². The zero-order chi connectivity index (χ0) is 18.2. The lowest BCUT2D eigenvalue weighted by atomic mass is 9.68. The SMILES string of the molecule is Cc1cc(C)c(B2OCC(C)(C)[C@@H](c3ccccc3N=O)O2)c(C)c1. The molecule has 2 aromatic rings. The monoisotopic (exact) mass is 337 g/mol. The molecule has 0 aromatic heterocycles. The van der Waals surface area contributed by atoms with Gasteiger partial charge in [-0.25, -0.2) is 0 Å². The van der Waals surface area contributed by atoms with E-state index >= 15 is 0 Å². The van der Waals surface area contributed by atoms with Crippen molar-refractivity contribution < 1.29 is 9.31 Å². The zero-order valence-corrected chi connectivity index (χ0v) is 15.5. The molecule has 1 fully saturated rings. The van der Waals surface area contributed by atoms with E-state index in [1.54, 1.807) is 6.07 Å². The first-order chi connectivity index (χ1) is 11.8. The minimum Gasteiger partial charge on any atom is -0.407 e. The minimum atomic E-state index is -0.446. The molecule has 5 heteroatoms. The molecule has 0 N–H and O–H groups in total. The van der Waals surface area contributed by atoms with Crippen molar-refractivity contribution in [3.05, 3.63) is 63.6 Å². The average molecular weight is 337 g/mol. The second kappa shape index (κ2) is 6.73. The molecule has 0 aliphatic carbocycles. The van der Waals surface area contributed by atoms with Crippen molar-refractivity contribution in [1.82, 2.24) is 0 Å². The van der Waals surface area contributed by atoms with Crippen molar-refractivity contribution >= 4 is 18.3 Å². The fraction of sp³-hybridized carbons (Fsp3) is 0.400. The summed E-state index contributed by atoms with van der Waals surface area (Å²) in [4.78, 5) is 11.2. The summed E-state index contributed by atoms with van der Waals surface area (Å²) >= 11 is 0. The van der Waals surface area contributed by atoms with Crippen LogP contribution >= 0.6 is 0 Å². The number of nitrogens with zero attached hydrogens (tertiary/aromatic N) is 1. The van der Waals surface area contributed by atoms with Gasteiger partial charge in [-0.2, -0.15) is 0 Å². The van der Waals surface area contributed by atoms with E-state index in [4.69, 9.17) is 9.31 Å². The predicted octanol–water partition coefficient (Wildman–Crippen LogP) is 4.52. The maximum Gasteiger partial charge on any atom is 0.494 e. The van der Waals surface area contributed by atoms with Gasteiger partial charge in [0.15, 0.2) is 0 Å². The van der Waals surface area contributed by atoms with Crippen LogP contribution in [-0.2, 0) is 9.31 Å². The molecule has 4 nitrogen and oxygen atoms in total. The lowest BCUT2D eigenvalue weighted by Gasteiger charge is -2.42. The van der Waals surface area contributed by atoms with E-state index in [-0.39, 0.29) is 11.5 Å². The maximum atomic E-state index is 11.2. The van der Waals surface area contributed by atoms with E-state index in [0.29, 0.717) is 12.3 Å². The summed E-state index contributed by atoms with van der Waals surface area (Å²) in [5, 5.41) is 3.18. The molecule has 1 atom stereocenters. The van der Waals surface area contributed by atoms with Gasteiger partial charge in [-0.3, -0.25) is 0 Å². The molecular weight excluding hydrogens is 313 g/mol. The third-order valence-corrected chi connectivity index (χ3v) is 4.87. The fourth-order valence-electron chi connectivity index (χ4n) is 3.71. The number of benzene rings is 2. The number of hydrogen-bond donors (Lipinski definition) is 0. The summed E-state index contributed by atoms with van der Waals surface area (Å²) in [7, 11) is -0.446. The third kappa shape index (κ3) is 3.39. The lowest BCUT2D eigenvalue weighted by Crippen LogP contribution is -2.50. The highest BCUT2D eigenvalue weighted by molar-refractivity contribution is 6.62. The van der Waals surface area contributed by atoms with E-state index in [9.17, 15) is 4.91 Å². The van der Waals surface area contributed by atoms with Gasteiger partial charge in [-0.05, 0) is 37.5 Å². The van der Waals surface area contributed by atoms with Crippen molar-refractivity contribution in [3.63, 3.8) is 0 Å². The Morgan fingerprint density at radius 3 is 2.40 bits per heavy atom. The summed E-state index contributed by atoms with van der Waals surface area (Å²) in [6.07, 6.45) is -0.264. The number of hydrogen-bond acceptors (Lipinski definition) is 4. The van der Waals surface area contributed by atoms with Gasteiger partial charge in [0, 0.05) is 17.6 Å². The van der Waals surface area contributed by atoms with Gasteiger partial charge in [0.1, 0.15) is 5.69 Å². The fourth-order valence-corrected chi connectivity index (χ4v) is 3.71. The molecule has 1 saturated heterocycles. The molecule has 1 aliphatic heterocycles. The van der Waals surface area contributed by atoms with Crippen molar-refractivity contribution in [2.24, 2.45) is 10.6 Å². The topological polar surface area (TPSA) is 47.9 Å². The van der Waals surface area contributed by atoms with Crippen molar-refractivity contribution in [2.75, 3.05) is 6.61 Å². The van der Waals surface area contributed by atoms with Crippen LogP contribution in [0.1, 0.15) is 42.2 Å². The van der Waals surface area contributed by atoms with Gasteiger partial charge in [0.25, 0.3) is 0 Å². The molecule has 1 heterocycles. The molecule has 25 heavy (non-hydrogen) atoms. The van der Waals surface area contributed by atoms with Crippen LogP contribution in [0.2, 0.25) is 0 Å². The Morgan fingerprint density at radius 1 is 1.12 bits per heavy atom. The van der Waals surface area contributed by atoms with Crippen LogP contribution < -0.4 is 5.46 Å². The zero-order valence-electron chi connectivity index (χ0n) is 15.5. The normalized spacial score (nSPS) is 19.7. The molecule has 130 valence electrons. The lowest BCUT2D eigenvalue weighted by molar-refractivity contribution is -0.0349. The maximum absolute atomic E-state index is 11.2. The highest BCUT2D eigenvalue weighted by Gasteiger charge is 2.44. The average Bonchev–Trinajstić information content (AvgIpc) is 2.55. The molecular formula is C20H24BNO3. The highest BCUT2D eigenvalue weighted by Crippen LogP contribution is 2.43. The smallest absolute Gasteiger partial charge is 0.407 e. The molecule has 0 bridgehead atoms. The molecule has 0 radical (unpaired) electrons. The van der Waals surface area contributed by atoms with Crippen LogP contribution in [0.4, 0.5) is 5.69 Å². The standard InChI is InChI=1S/C20H24BNO3/c1-13-10-14(2)18(15(3)11-13)21-24-12-20(4,5)19(25-21)16-8-6-7-9-17(16)22-23/h6-11,19H,12H2,1-5H3/t19-/m1/s1. The molecule has 3 rings (SSSR count). The van der Waals surface area contributed by atoms with E-state index in [1.807, 2.05) is 18.2 Å². The van der Waals surface area contributed by atoms with E-state index in [2.05, 4.69) is 51.9 Å². The van der Waals surface area contributed by atoms with Crippen molar-refractivity contribution in [1.29, 1.82) is 0 Å². The first-order valence-electron chi connectivity index (χ1n) is 8.60. The highest BCUT2D eigenvalue weighted by atomic mass is 16.6. The molecule has 0 unspecified atom stereocenters. The van der Waals surface area contributed by atoms with Gasteiger partial charge in [0.05, 0.1) is 6.10 Å². The first kappa shape index (κ1) is 17.8. The Morgan fingerprint density at radius 2 is 1.76 bits per heavy atom. The molecule has 0 amide bonds. The summed E-state index contributed by atoms with van der Waals surface area (Å²) < 4.78 is 12.5. The first-order valence-corrected chi connectivity index (χ1v) is 8.60. The summed E-state index contributed by atoms with van der Waals surface area (Å²) in [5.74, 6) is 0. The van der Waals surface area contributed by atoms with Gasteiger partial charge >= 0.3 is 7.12 Å². The van der Waals surface area contributed by atoms with Crippen LogP contribution in [0.25, 0.3) is 0 Å². The van der Waals surface area contributed by atoms with Gasteiger partial charge in [-0.1, -0.05) is 60.9 Å². The number of rotatable bonds is 3. The van der Waals surface area contributed by atoms with Crippen LogP contribution in [0.3, 0.4) is 0 Å². The molecule has 2 aromatic carbocycles.